The summed E-state index contributed by atoms with van der Waals surface area (Å²) in [4.78, 5) is 29.9. The van der Waals surface area contributed by atoms with E-state index in [1.54, 1.807) is 0 Å². The summed E-state index contributed by atoms with van der Waals surface area (Å²) in [6.45, 7) is 1.39. The van der Waals surface area contributed by atoms with Crippen LogP contribution in [0.4, 0.5) is 23.2 Å². The third kappa shape index (κ3) is 8.86. The van der Waals surface area contributed by atoms with E-state index in [9.17, 15) is 27.2 Å². The maximum atomic E-state index is 14.4. The predicted molar refractivity (Wildman–Crippen MR) is 155 cm³/mol. The summed E-state index contributed by atoms with van der Waals surface area (Å²) in [5, 5.41) is 8.79. The third-order valence-electron chi connectivity index (χ3n) is 5.66. The quantitative estimate of drug-likeness (QED) is 0.144. The van der Waals surface area contributed by atoms with E-state index in [-0.39, 0.29) is 44.3 Å². The van der Waals surface area contributed by atoms with Gasteiger partial charge in [0, 0.05) is 17.8 Å². The SMILES string of the molecule is COC(=O)c1nc(-c2ccc(Cl)c(OC)c2F)cc(N)c1Cl.C[C@@H](Oc1ccc(Oc2ccc(C(F)(F)F)cn2)cc1)C(=O)O. The molecule has 0 radical (unpaired) electrons. The van der Waals surface area contributed by atoms with Crippen molar-refractivity contribution < 1.29 is 51.2 Å². The number of carboxylic acids is 1. The molecular formula is C29H23Cl2F4N3O7. The number of aliphatic carboxylic acids is 1. The molecule has 45 heavy (non-hydrogen) atoms. The van der Waals surface area contributed by atoms with Crippen molar-refractivity contribution in [2.45, 2.75) is 19.2 Å². The maximum Gasteiger partial charge on any atom is 0.417 e. The Kier molecular flexibility index (Phi) is 11.4. The number of ether oxygens (including phenoxy) is 4. The number of carboxylic acid groups (broad SMARTS) is 1. The van der Waals surface area contributed by atoms with E-state index in [1.807, 2.05) is 0 Å². The third-order valence-corrected chi connectivity index (χ3v) is 6.36. The van der Waals surface area contributed by atoms with E-state index in [2.05, 4.69) is 14.7 Å². The molecule has 2 aromatic heterocycles. The molecule has 3 N–H and O–H groups in total. The number of alkyl halides is 3. The van der Waals surface area contributed by atoms with Crippen molar-refractivity contribution in [3.63, 3.8) is 0 Å². The molecule has 16 heteroatoms. The average molecular weight is 672 g/mol. The largest absolute Gasteiger partial charge is 0.492 e. The van der Waals surface area contributed by atoms with Crippen molar-refractivity contribution in [1.29, 1.82) is 0 Å². The van der Waals surface area contributed by atoms with Crippen LogP contribution >= 0.6 is 23.2 Å². The number of carbonyl (C=O) groups excluding carboxylic acids is 1. The first-order chi connectivity index (χ1) is 21.2. The minimum absolute atomic E-state index is 0.00516. The number of pyridine rings is 2. The van der Waals surface area contributed by atoms with Crippen LogP contribution in [-0.2, 0) is 15.7 Å². The summed E-state index contributed by atoms with van der Waals surface area (Å²) in [7, 11) is 2.46. The number of esters is 1. The van der Waals surface area contributed by atoms with Gasteiger partial charge in [-0.25, -0.2) is 23.9 Å². The Morgan fingerprint density at radius 3 is 2.18 bits per heavy atom. The Morgan fingerprint density at radius 1 is 1.00 bits per heavy atom. The minimum Gasteiger partial charge on any atom is -0.492 e. The molecule has 2 heterocycles. The summed E-state index contributed by atoms with van der Waals surface area (Å²) in [5.74, 6) is -2.07. The predicted octanol–water partition coefficient (Wildman–Crippen LogP) is 7.32. The van der Waals surface area contributed by atoms with Gasteiger partial charge < -0.3 is 29.8 Å². The number of hydrogen-bond acceptors (Lipinski definition) is 9. The topological polar surface area (TPSA) is 143 Å². The molecular weight excluding hydrogens is 649 g/mol. The fourth-order valence-corrected chi connectivity index (χ4v) is 3.80. The molecule has 1 atom stereocenters. The van der Waals surface area contributed by atoms with Crippen molar-refractivity contribution in [3.05, 3.63) is 87.9 Å². The molecule has 0 unspecified atom stereocenters. The zero-order valence-corrected chi connectivity index (χ0v) is 25.0. The lowest BCUT2D eigenvalue weighted by atomic mass is 10.1. The second-order valence-electron chi connectivity index (χ2n) is 8.75. The number of halogens is 6. The van der Waals surface area contributed by atoms with Gasteiger partial charge in [-0.05, 0) is 55.5 Å². The van der Waals surface area contributed by atoms with Gasteiger partial charge in [-0.1, -0.05) is 23.2 Å². The number of benzene rings is 2. The Bertz CT molecular complexity index is 1670. The molecule has 0 amide bonds. The first-order valence-electron chi connectivity index (χ1n) is 12.4. The Labute approximate surface area is 263 Å². The van der Waals surface area contributed by atoms with Gasteiger partial charge in [0.05, 0.1) is 41.2 Å². The minimum atomic E-state index is -4.45. The number of methoxy groups -OCH3 is 2. The lowest BCUT2D eigenvalue weighted by Crippen LogP contribution is -2.22. The molecule has 0 aliphatic rings. The number of aromatic nitrogens is 2. The summed E-state index contributed by atoms with van der Waals surface area (Å²) < 4.78 is 71.6. The lowest BCUT2D eigenvalue weighted by Gasteiger charge is -2.11. The maximum absolute atomic E-state index is 14.4. The van der Waals surface area contributed by atoms with E-state index in [4.69, 9.17) is 48.3 Å². The number of rotatable bonds is 8. The van der Waals surface area contributed by atoms with Crippen molar-refractivity contribution in [1.82, 2.24) is 9.97 Å². The van der Waals surface area contributed by atoms with Crippen LogP contribution in [0.5, 0.6) is 23.1 Å². The fraction of sp³-hybridized carbons (Fsp3) is 0.172. The van der Waals surface area contributed by atoms with Crippen molar-refractivity contribution in [2.24, 2.45) is 0 Å². The first kappa shape index (κ1) is 34.7. The van der Waals surface area contributed by atoms with Crippen molar-refractivity contribution in [2.75, 3.05) is 20.0 Å². The van der Waals surface area contributed by atoms with Gasteiger partial charge in [0.15, 0.2) is 23.4 Å². The highest BCUT2D eigenvalue weighted by molar-refractivity contribution is 6.35. The molecule has 0 aliphatic heterocycles. The molecule has 4 rings (SSSR count). The van der Waals surface area contributed by atoms with Crippen LogP contribution in [-0.4, -0.2) is 47.3 Å². The summed E-state index contributed by atoms with van der Waals surface area (Å²) in [6, 6.07) is 12.1. The van der Waals surface area contributed by atoms with Crippen LogP contribution in [0.1, 0.15) is 23.0 Å². The second kappa shape index (κ2) is 14.8. The summed E-state index contributed by atoms with van der Waals surface area (Å²) >= 11 is 11.8. The van der Waals surface area contributed by atoms with E-state index in [1.165, 1.54) is 63.6 Å². The molecule has 4 aromatic rings. The number of nitrogens with zero attached hydrogens (tertiary/aromatic N) is 2. The molecule has 0 saturated carbocycles. The number of nitrogen functional groups attached to an aromatic ring is 1. The highest BCUT2D eigenvalue weighted by Gasteiger charge is 2.30. The van der Waals surface area contributed by atoms with E-state index >= 15 is 0 Å². The molecule has 0 saturated heterocycles. The van der Waals surface area contributed by atoms with Gasteiger partial charge in [0.2, 0.25) is 5.88 Å². The average Bonchev–Trinajstić information content (AvgIpc) is 2.99. The van der Waals surface area contributed by atoms with E-state index in [0.717, 1.165) is 12.1 Å². The smallest absolute Gasteiger partial charge is 0.417 e. The van der Waals surface area contributed by atoms with E-state index in [0.29, 0.717) is 17.7 Å². The van der Waals surface area contributed by atoms with Crippen LogP contribution in [0.25, 0.3) is 11.3 Å². The Balaban J connectivity index is 0.000000246. The molecule has 0 bridgehead atoms. The highest BCUT2D eigenvalue weighted by atomic mass is 35.5. The molecule has 2 aromatic carbocycles. The monoisotopic (exact) mass is 671 g/mol. The van der Waals surface area contributed by atoms with Crippen LogP contribution in [0.3, 0.4) is 0 Å². The Hall–Kier alpha value is -4.82. The molecule has 238 valence electrons. The molecule has 0 spiro atoms. The van der Waals surface area contributed by atoms with Gasteiger partial charge in [0.1, 0.15) is 11.5 Å². The standard InChI is InChI=1S/C15H12F3NO4.C14H11Cl2FN2O3/c1-9(14(20)21)22-11-3-5-12(6-4-11)23-13-7-2-10(8-19-13)15(16,17)18;1-21-13-7(15)4-3-6(11(13)17)9-5-8(18)10(16)12(19-9)14(20)22-2/h2-9H,1H3,(H,20,21);3-5H,1-2H3,(H2,18,19)/t9-;/m1./s1. The number of carbonyl (C=O) groups is 2. The van der Waals surface area contributed by atoms with Gasteiger partial charge in [-0.3, -0.25) is 0 Å². The van der Waals surface area contributed by atoms with Crippen LogP contribution in [0, 0.1) is 5.82 Å². The van der Waals surface area contributed by atoms with Gasteiger partial charge >= 0.3 is 18.1 Å². The summed E-state index contributed by atoms with van der Waals surface area (Å²) in [6.07, 6.45) is -4.77. The first-order valence-corrected chi connectivity index (χ1v) is 13.2. The zero-order valence-electron chi connectivity index (χ0n) is 23.5. The summed E-state index contributed by atoms with van der Waals surface area (Å²) in [5.41, 5.74) is 4.92. The number of anilines is 1. The number of nitrogens with two attached hydrogens (primary N) is 1. The molecule has 0 aliphatic carbocycles. The van der Waals surface area contributed by atoms with Crippen LogP contribution < -0.4 is 19.9 Å². The van der Waals surface area contributed by atoms with Gasteiger partial charge in [-0.15, -0.1) is 0 Å². The van der Waals surface area contributed by atoms with Crippen molar-refractivity contribution in [3.8, 4) is 34.4 Å². The highest BCUT2D eigenvalue weighted by Crippen LogP contribution is 2.36. The van der Waals surface area contributed by atoms with Crippen molar-refractivity contribution >= 4 is 40.8 Å². The fourth-order valence-electron chi connectivity index (χ4n) is 3.41. The number of hydrogen-bond donors (Lipinski definition) is 2. The van der Waals surface area contributed by atoms with Crippen LogP contribution in [0.2, 0.25) is 10.0 Å². The normalized spacial score (nSPS) is 11.5. The Morgan fingerprint density at radius 2 is 1.64 bits per heavy atom. The zero-order chi connectivity index (χ0) is 33.5. The van der Waals surface area contributed by atoms with Gasteiger partial charge in [-0.2, -0.15) is 13.2 Å². The van der Waals surface area contributed by atoms with Gasteiger partial charge in [0.25, 0.3) is 0 Å². The molecule has 0 fully saturated rings. The van der Waals surface area contributed by atoms with E-state index < -0.39 is 35.6 Å². The lowest BCUT2D eigenvalue weighted by molar-refractivity contribution is -0.144. The van der Waals surface area contributed by atoms with Crippen LogP contribution in [0.15, 0.2) is 60.8 Å². The molecule has 10 nitrogen and oxygen atoms in total. The second-order valence-corrected chi connectivity index (χ2v) is 9.53.